The van der Waals surface area contributed by atoms with Gasteiger partial charge in [-0.2, -0.15) is 5.10 Å². The number of benzene rings is 2. The first-order valence-electron chi connectivity index (χ1n) is 7.79. The van der Waals surface area contributed by atoms with Crippen LogP contribution in [0.5, 0.6) is 5.75 Å². The average molecular weight is 343 g/mol. The van der Waals surface area contributed by atoms with Crippen LogP contribution in [0.3, 0.4) is 0 Å². The summed E-state index contributed by atoms with van der Waals surface area (Å²) in [5.74, 6) is 0.672. The van der Waals surface area contributed by atoms with Crippen LogP contribution in [-0.2, 0) is 6.61 Å². The molecule has 0 aliphatic heterocycles. The van der Waals surface area contributed by atoms with Crippen LogP contribution < -0.4 is 4.74 Å². The molecule has 2 aromatic carbocycles. The fourth-order valence-corrected chi connectivity index (χ4v) is 2.64. The molecule has 3 aromatic rings. The minimum atomic E-state index is 0.0395. The van der Waals surface area contributed by atoms with E-state index < -0.39 is 0 Å². The van der Waals surface area contributed by atoms with Gasteiger partial charge in [-0.15, -0.1) is 0 Å². The molecule has 124 valence electrons. The Morgan fingerprint density at radius 3 is 2.42 bits per heavy atom. The summed E-state index contributed by atoms with van der Waals surface area (Å²) in [6.45, 7) is 3.97. The number of H-pyrrole nitrogens is 1. The maximum absolute atomic E-state index is 9.11. The molecule has 0 aliphatic carbocycles. The molecular weight excluding hydrogens is 324 g/mol. The standard InChI is InChI=1S/C19H19ClN2O2/c1-12(2)24-19-8-7-15(9-16(19)20)18-10-17(21-22-18)14-5-3-13(11-23)4-6-14/h3-10,12,23H,11H2,1-2H3,(H,21,22). The highest BCUT2D eigenvalue weighted by atomic mass is 35.5. The van der Waals surface area contributed by atoms with E-state index in [1.807, 2.05) is 62.4 Å². The SMILES string of the molecule is CC(C)Oc1ccc(-c2cc(-c3ccc(CO)cc3)[nH]n2)cc1Cl. The highest BCUT2D eigenvalue weighted by molar-refractivity contribution is 6.32. The smallest absolute Gasteiger partial charge is 0.138 e. The van der Waals surface area contributed by atoms with E-state index in [0.717, 1.165) is 28.1 Å². The second kappa shape index (κ2) is 7.07. The Morgan fingerprint density at radius 1 is 1.08 bits per heavy atom. The summed E-state index contributed by atoms with van der Waals surface area (Å²) in [5.41, 5.74) is 4.54. The zero-order valence-corrected chi connectivity index (χ0v) is 14.3. The molecule has 0 saturated heterocycles. The highest BCUT2D eigenvalue weighted by Crippen LogP contribution is 2.31. The number of aliphatic hydroxyl groups is 1. The summed E-state index contributed by atoms with van der Waals surface area (Å²) >= 11 is 6.29. The fourth-order valence-electron chi connectivity index (χ4n) is 2.42. The van der Waals surface area contributed by atoms with Crippen LogP contribution in [0.15, 0.2) is 48.5 Å². The molecule has 0 atom stereocenters. The third-order valence-electron chi connectivity index (χ3n) is 3.62. The second-order valence-corrected chi connectivity index (χ2v) is 6.24. The van der Waals surface area contributed by atoms with Crippen molar-refractivity contribution in [2.75, 3.05) is 0 Å². The van der Waals surface area contributed by atoms with Crippen LogP contribution in [0, 0.1) is 0 Å². The van der Waals surface area contributed by atoms with Crippen LogP contribution in [0.25, 0.3) is 22.5 Å². The van der Waals surface area contributed by atoms with E-state index in [1.54, 1.807) is 0 Å². The molecule has 0 saturated carbocycles. The molecule has 4 nitrogen and oxygen atoms in total. The first-order chi connectivity index (χ1) is 11.6. The van der Waals surface area contributed by atoms with Gasteiger partial charge in [0.1, 0.15) is 5.75 Å². The van der Waals surface area contributed by atoms with Crippen LogP contribution in [0.2, 0.25) is 5.02 Å². The van der Waals surface area contributed by atoms with E-state index >= 15 is 0 Å². The Hall–Kier alpha value is -2.30. The van der Waals surface area contributed by atoms with E-state index in [0.29, 0.717) is 10.8 Å². The number of aromatic amines is 1. The molecule has 0 amide bonds. The monoisotopic (exact) mass is 342 g/mol. The molecule has 2 N–H and O–H groups in total. The Balaban J connectivity index is 1.85. The molecule has 1 heterocycles. The van der Waals surface area contributed by atoms with Crippen LogP contribution in [0.1, 0.15) is 19.4 Å². The van der Waals surface area contributed by atoms with E-state index in [-0.39, 0.29) is 12.7 Å². The molecule has 1 aromatic heterocycles. The maximum atomic E-state index is 9.11. The largest absolute Gasteiger partial charge is 0.489 e. The minimum absolute atomic E-state index is 0.0395. The van der Waals surface area contributed by atoms with Crippen LogP contribution in [0.4, 0.5) is 0 Å². The average Bonchev–Trinajstić information content (AvgIpc) is 3.06. The third kappa shape index (κ3) is 3.61. The topological polar surface area (TPSA) is 58.1 Å². The Bertz CT molecular complexity index is 826. The number of nitrogens with zero attached hydrogens (tertiary/aromatic N) is 1. The Labute approximate surface area is 146 Å². The number of aliphatic hydroxyl groups excluding tert-OH is 1. The van der Waals surface area contributed by atoms with Gasteiger partial charge < -0.3 is 9.84 Å². The number of ether oxygens (including phenoxy) is 1. The second-order valence-electron chi connectivity index (χ2n) is 5.83. The molecule has 5 heteroatoms. The van der Waals surface area contributed by atoms with E-state index in [1.165, 1.54) is 0 Å². The lowest BCUT2D eigenvalue weighted by Crippen LogP contribution is -2.05. The van der Waals surface area contributed by atoms with E-state index in [9.17, 15) is 0 Å². The third-order valence-corrected chi connectivity index (χ3v) is 3.91. The molecule has 0 unspecified atom stereocenters. The maximum Gasteiger partial charge on any atom is 0.138 e. The Kier molecular flexibility index (Phi) is 4.88. The zero-order valence-electron chi connectivity index (χ0n) is 13.6. The molecule has 24 heavy (non-hydrogen) atoms. The summed E-state index contributed by atoms with van der Waals surface area (Å²) in [6.07, 6.45) is 0.0761. The summed E-state index contributed by atoms with van der Waals surface area (Å²) < 4.78 is 5.65. The molecule has 0 spiro atoms. The lowest BCUT2D eigenvalue weighted by molar-refractivity contribution is 0.242. The zero-order chi connectivity index (χ0) is 17.1. The van der Waals surface area contributed by atoms with E-state index in [2.05, 4.69) is 10.2 Å². The highest BCUT2D eigenvalue weighted by Gasteiger charge is 2.10. The van der Waals surface area contributed by atoms with Crippen LogP contribution in [-0.4, -0.2) is 21.4 Å². The number of nitrogens with one attached hydrogen (secondary N) is 1. The predicted octanol–water partition coefficient (Wildman–Crippen LogP) is 4.68. The van der Waals surface area contributed by atoms with Crippen molar-refractivity contribution in [1.29, 1.82) is 0 Å². The summed E-state index contributed by atoms with van der Waals surface area (Å²) in [4.78, 5) is 0. The quantitative estimate of drug-likeness (QED) is 0.708. The van der Waals surface area contributed by atoms with Crippen molar-refractivity contribution >= 4 is 11.6 Å². The van der Waals surface area contributed by atoms with Crippen molar-refractivity contribution in [3.05, 3.63) is 59.1 Å². The molecule has 0 radical (unpaired) electrons. The van der Waals surface area contributed by atoms with Gasteiger partial charge in [0, 0.05) is 5.56 Å². The molecular formula is C19H19ClN2O2. The molecule has 3 rings (SSSR count). The number of hydrogen-bond donors (Lipinski definition) is 2. The summed E-state index contributed by atoms with van der Waals surface area (Å²) in [6, 6.07) is 15.3. The number of hydrogen-bond acceptors (Lipinski definition) is 3. The number of halogens is 1. The van der Waals surface area contributed by atoms with Crippen molar-refractivity contribution in [3.8, 4) is 28.3 Å². The van der Waals surface area contributed by atoms with Gasteiger partial charge in [0.05, 0.1) is 29.1 Å². The molecule has 0 fully saturated rings. The fraction of sp³-hybridized carbons (Fsp3) is 0.211. The van der Waals surface area contributed by atoms with Gasteiger partial charge in [-0.1, -0.05) is 35.9 Å². The van der Waals surface area contributed by atoms with Gasteiger partial charge in [0.15, 0.2) is 0 Å². The van der Waals surface area contributed by atoms with Crippen LogP contribution >= 0.6 is 11.6 Å². The van der Waals surface area contributed by atoms with Crippen molar-refractivity contribution < 1.29 is 9.84 Å². The summed E-state index contributed by atoms with van der Waals surface area (Å²) in [5, 5.41) is 17.1. The van der Waals surface area contributed by atoms with Gasteiger partial charge in [-0.25, -0.2) is 0 Å². The lowest BCUT2D eigenvalue weighted by Gasteiger charge is -2.11. The van der Waals surface area contributed by atoms with Gasteiger partial charge in [-0.3, -0.25) is 5.10 Å². The number of rotatable bonds is 5. The van der Waals surface area contributed by atoms with Gasteiger partial charge in [0.25, 0.3) is 0 Å². The normalized spacial score (nSPS) is 11.0. The molecule has 0 bridgehead atoms. The molecule has 0 aliphatic rings. The lowest BCUT2D eigenvalue weighted by atomic mass is 10.1. The van der Waals surface area contributed by atoms with Crippen molar-refractivity contribution in [2.24, 2.45) is 0 Å². The summed E-state index contributed by atoms with van der Waals surface area (Å²) in [7, 11) is 0. The van der Waals surface area contributed by atoms with Crippen molar-refractivity contribution in [2.45, 2.75) is 26.6 Å². The number of aromatic nitrogens is 2. The van der Waals surface area contributed by atoms with Gasteiger partial charge >= 0.3 is 0 Å². The van der Waals surface area contributed by atoms with Gasteiger partial charge in [-0.05, 0) is 49.2 Å². The van der Waals surface area contributed by atoms with Crippen molar-refractivity contribution in [1.82, 2.24) is 10.2 Å². The van der Waals surface area contributed by atoms with E-state index in [4.69, 9.17) is 21.4 Å². The Morgan fingerprint density at radius 2 is 1.79 bits per heavy atom. The predicted molar refractivity (Wildman–Crippen MR) is 96.2 cm³/mol. The first kappa shape index (κ1) is 16.6. The van der Waals surface area contributed by atoms with Gasteiger partial charge in [0.2, 0.25) is 0 Å². The van der Waals surface area contributed by atoms with Crippen molar-refractivity contribution in [3.63, 3.8) is 0 Å². The minimum Gasteiger partial charge on any atom is -0.489 e. The first-order valence-corrected chi connectivity index (χ1v) is 8.17.